The number of halogens is 1. The third kappa shape index (κ3) is 2.45. The minimum atomic E-state index is 0.746. The zero-order valence-corrected chi connectivity index (χ0v) is 14.3. The van der Waals surface area contributed by atoms with E-state index >= 15 is 0 Å². The van der Waals surface area contributed by atoms with Gasteiger partial charge in [0.1, 0.15) is 5.01 Å². The molecule has 112 valence electrons. The van der Waals surface area contributed by atoms with Crippen LogP contribution in [0.1, 0.15) is 23.3 Å². The maximum Gasteiger partial charge on any atom is 0.127 e. The van der Waals surface area contributed by atoms with E-state index in [-0.39, 0.29) is 0 Å². The first-order valence-corrected chi connectivity index (χ1v) is 9.41. The number of anilines is 1. The summed E-state index contributed by atoms with van der Waals surface area (Å²) in [6, 6.07) is 7.81. The molecule has 0 atom stereocenters. The Bertz CT molecular complexity index is 818. The highest BCUT2D eigenvalue weighted by molar-refractivity contribution is 7.18. The van der Waals surface area contributed by atoms with Gasteiger partial charge in [-0.1, -0.05) is 23.7 Å². The number of nitrogen functional groups attached to an aromatic ring is 1. The van der Waals surface area contributed by atoms with Crippen LogP contribution in [0.3, 0.4) is 0 Å². The first-order chi connectivity index (χ1) is 10.7. The smallest absolute Gasteiger partial charge is 0.127 e. The van der Waals surface area contributed by atoms with Gasteiger partial charge in [-0.2, -0.15) is 0 Å². The summed E-state index contributed by atoms with van der Waals surface area (Å²) in [5, 5.41) is 4.81. The molecule has 0 saturated carbocycles. The molecule has 1 aromatic carbocycles. The van der Waals surface area contributed by atoms with Crippen LogP contribution in [-0.2, 0) is 12.8 Å². The molecule has 5 heteroatoms. The lowest BCUT2D eigenvalue weighted by atomic mass is 9.96. The zero-order chi connectivity index (χ0) is 15.1. The summed E-state index contributed by atoms with van der Waals surface area (Å²) in [5.74, 6) is 0. The van der Waals surface area contributed by atoms with Crippen LogP contribution in [0.25, 0.3) is 21.8 Å². The van der Waals surface area contributed by atoms with E-state index < -0.39 is 0 Å². The van der Waals surface area contributed by atoms with Crippen molar-refractivity contribution < 1.29 is 0 Å². The van der Waals surface area contributed by atoms with Crippen LogP contribution >= 0.6 is 34.3 Å². The summed E-state index contributed by atoms with van der Waals surface area (Å²) >= 11 is 9.37. The van der Waals surface area contributed by atoms with E-state index in [0.29, 0.717) is 0 Å². The van der Waals surface area contributed by atoms with Crippen molar-refractivity contribution >= 4 is 39.3 Å². The Morgan fingerprint density at radius 3 is 2.68 bits per heavy atom. The first-order valence-electron chi connectivity index (χ1n) is 7.34. The van der Waals surface area contributed by atoms with Crippen molar-refractivity contribution in [3.63, 3.8) is 0 Å². The number of hydrogen-bond donors (Lipinski definition) is 1. The standard InChI is InChI=1S/C17H15ClN2S2/c18-11-7-5-10(6-8-11)13-9-21-17(20-13)15-12-3-1-2-4-14(12)22-16(15)19/h5-9H,1-4,19H2. The van der Waals surface area contributed by atoms with Crippen molar-refractivity contribution in [1.29, 1.82) is 0 Å². The van der Waals surface area contributed by atoms with Crippen molar-refractivity contribution in [2.75, 3.05) is 5.73 Å². The molecule has 2 N–H and O–H groups in total. The molecule has 0 radical (unpaired) electrons. The number of aromatic nitrogens is 1. The van der Waals surface area contributed by atoms with Crippen molar-refractivity contribution in [1.82, 2.24) is 4.98 Å². The molecule has 1 aliphatic carbocycles. The zero-order valence-electron chi connectivity index (χ0n) is 11.9. The number of thiophene rings is 1. The number of aryl methyl sites for hydroxylation is 1. The van der Waals surface area contributed by atoms with Gasteiger partial charge in [-0.25, -0.2) is 4.98 Å². The summed E-state index contributed by atoms with van der Waals surface area (Å²) in [7, 11) is 0. The Labute approximate surface area is 142 Å². The average molecular weight is 347 g/mol. The number of nitrogens with zero attached hydrogens (tertiary/aromatic N) is 1. The molecule has 1 aliphatic rings. The predicted molar refractivity (Wildman–Crippen MR) is 96.9 cm³/mol. The Balaban J connectivity index is 1.76. The van der Waals surface area contributed by atoms with Crippen molar-refractivity contribution in [2.45, 2.75) is 25.7 Å². The van der Waals surface area contributed by atoms with E-state index in [0.717, 1.165) is 32.7 Å². The van der Waals surface area contributed by atoms with Crippen LogP contribution in [0, 0.1) is 0 Å². The third-order valence-corrected chi connectivity index (χ3v) is 6.29. The predicted octanol–water partition coefficient (Wildman–Crippen LogP) is 5.65. The van der Waals surface area contributed by atoms with Gasteiger partial charge in [0.05, 0.1) is 10.7 Å². The molecular formula is C17H15ClN2S2. The second kappa shape index (κ2) is 5.69. The van der Waals surface area contributed by atoms with E-state index in [1.165, 1.54) is 35.3 Å². The summed E-state index contributed by atoms with van der Waals surface area (Å²) in [6.45, 7) is 0. The molecule has 0 spiro atoms. The fourth-order valence-corrected chi connectivity index (χ4v) is 5.23. The summed E-state index contributed by atoms with van der Waals surface area (Å²) in [4.78, 5) is 6.28. The molecule has 2 aromatic heterocycles. The fourth-order valence-electron chi connectivity index (χ4n) is 2.96. The second-order valence-electron chi connectivity index (χ2n) is 5.49. The Morgan fingerprint density at radius 1 is 1.09 bits per heavy atom. The molecule has 22 heavy (non-hydrogen) atoms. The highest BCUT2D eigenvalue weighted by Gasteiger charge is 2.22. The van der Waals surface area contributed by atoms with Crippen LogP contribution in [0.2, 0.25) is 5.02 Å². The van der Waals surface area contributed by atoms with Gasteiger partial charge in [0.15, 0.2) is 0 Å². The van der Waals surface area contributed by atoms with Gasteiger partial charge in [-0.05, 0) is 43.4 Å². The number of thiazole rings is 1. The number of hydrogen-bond acceptors (Lipinski definition) is 4. The monoisotopic (exact) mass is 346 g/mol. The SMILES string of the molecule is Nc1sc2c(c1-c1nc(-c3ccc(Cl)cc3)cs1)CCCC2. The van der Waals surface area contributed by atoms with Gasteiger partial charge >= 0.3 is 0 Å². The van der Waals surface area contributed by atoms with Gasteiger partial charge in [-0.3, -0.25) is 0 Å². The van der Waals surface area contributed by atoms with Crippen molar-refractivity contribution in [2.24, 2.45) is 0 Å². The van der Waals surface area contributed by atoms with Crippen molar-refractivity contribution in [3.8, 4) is 21.8 Å². The van der Waals surface area contributed by atoms with Gasteiger partial charge in [0, 0.05) is 26.4 Å². The fraction of sp³-hybridized carbons (Fsp3) is 0.235. The normalized spacial score (nSPS) is 14.0. The molecule has 0 fully saturated rings. The van der Waals surface area contributed by atoms with Crippen LogP contribution in [0.4, 0.5) is 5.00 Å². The van der Waals surface area contributed by atoms with Crippen LogP contribution in [0.5, 0.6) is 0 Å². The molecule has 2 heterocycles. The quantitative estimate of drug-likeness (QED) is 0.650. The average Bonchev–Trinajstić information content (AvgIpc) is 3.11. The van der Waals surface area contributed by atoms with Crippen LogP contribution < -0.4 is 5.73 Å². The lowest BCUT2D eigenvalue weighted by Gasteiger charge is -2.11. The second-order valence-corrected chi connectivity index (χ2v) is 7.93. The van der Waals surface area contributed by atoms with Crippen LogP contribution in [-0.4, -0.2) is 4.98 Å². The first kappa shape index (κ1) is 14.2. The Kier molecular flexibility index (Phi) is 3.68. The summed E-state index contributed by atoms with van der Waals surface area (Å²) < 4.78 is 0. The van der Waals surface area contributed by atoms with E-state index in [1.807, 2.05) is 24.3 Å². The summed E-state index contributed by atoms with van der Waals surface area (Å²) in [6.07, 6.45) is 4.83. The van der Waals surface area contributed by atoms with E-state index in [2.05, 4.69) is 5.38 Å². The van der Waals surface area contributed by atoms with Gasteiger partial charge < -0.3 is 5.73 Å². The van der Waals surface area contributed by atoms with Crippen molar-refractivity contribution in [3.05, 3.63) is 45.1 Å². The Morgan fingerprint density at radius 2 is 1.86 bits per heavy atom. The lowest BCUT2D eigenvalue weighted by molar-refractivity contribution is 0.698. The van der Waals surface area contributed by atoms with Gasteiger partial charge in [0.2, 0.25) is 0 Å². The minimum absolute atomic E-state index is 0.746. The van der Waals surface area contributed by atoms with E-state index in [9.17, 15) is 0 Å². The molecule has 0 unspecified atom stereocenters. The van der Waals surface area contributed by atoms with E-state index in [1.54, 1.807) is 22.7 Å². The molecular weight excluding hydrogens is 332 g/mol. The molecule has 0 saturated heterocycles. The van der Waals surface area contributed by atoms with Gasteiger partial charge in [-0.15, -0.1) is 22.7 Å². The maximum atomic E-state index is 6.29. The molecule has 2 nitrogen and oxygen atoms in total. The largest absolute Gasteiger partial charge is 0.390 e. The molecule has 0 bridgehead atoms. The topological polar surface area (TPSA) is 38.9 Å². The van der Waals surface area contributed by atoms with E-state index in [4.69, 9.17) is 22.3 Å². The molecule has 0 amide bonds. The molecule has 0 aliphatic heterocycles. The number of benzene rings is 1. The number of rotatable bonds is 2. The summed E-state index contributed by atoms with van der Waals surface area (Å²) in [5.41, 5.74) is 11.0. The third-order valence-electron chi connectivity index (χ3n) is 4.06. The van der Waals surface area contributed by atoms with Crippen LogP contribution in [0.15, 0.2) is 29.6 Å². The number of fused-ring (bicyclic) bond motifs is 1. The highest BCUT2D eigenvalue weighted by Crippen LogP contribution is 2.44. The Hall–Kier alpha value is -1.36. The maximum absolute atomic E-state index is 6.29. The lowest BCUT2D eigenvalue weighted by Crippen LogP contribution is -1.99. The van der Waals surface area contributed by atoms with Gasteiger partial charge in [0.25, 0.3) is 0 Å². The number of nitrogens with two attached hydrogens (primary N) is 1. The highest BCUT2D eigenvalue weighted by atomic mass is 35.5. The molecule has 4 rings (SSSR count). The minimum Gasteiger partial charge on any atom is -0.390 e. The molecule has 3 aromatic rings.